The predicted molar refractivity (Wildman–Crippen MR) is 117 cm³/mol. The minimum absolute atomic E-state index is 0.0811. The Morgan fingerprint density at radius 2 is 1.83 bits per heavy atom. The van der Waals surface area contributed by atoms with Crippen molar-refractivity contribution in [3.05, 3.63) is 40.9 Å². The summed E-state index contributed by atoms with van der Waals surface area (Å²) < 4.78 is 0. The normalized spacial score (nSPS) is 19.8. The lowest BCUT2D eigenvalue weighted by molar-refractivity contribution is -0.139. The van der Waals surface area contributed by atoms with Gasteiger partial charge in [0.1, 0.15) is 6.04 Å². The highest BCUT2D eigenvalue weighted by molar-refractivity contribution is 6.30. The number of carbonyl (C=O) groups excluding carboxylic acids is 3. The molecule has 3 rings (SSSR count). The maximum atomic E-state index is 13.2. The van der Waals surface area contributed by atoms with E-state index in [9.17, 15) is 14.4 Å². The summed E-state index contributed by atoms with van der Waals surface area (Å²) in [5, 5.41) is 3.48. The molecule has 1 saturated carbocycles. The van der Waals surface area contributed by atoms with Crippen molar-refractivity contribution < 1.29 is 14.4 Å². The molecule has 0 spiro atoms. The van der Waals surface area contributed by atoms with Gasteiger partial charge in [-0.15, -0.1) is 0 Å². The van der Waals surface area contributed by atoms with Gasteiger partial charge >= 0.3 is 0 Å². The second-order valence-corrected chi connectivity index (χ2v) is 9.38. The molecule has 1 fully saturated rings. The maximum Gasteiger partial charge on any atom is 0.245 e. The third kappa shape index (κ3) is 5.22. The number of benzene rings is 1. The van der Waals surface area contributed by atoms with Gasteiger partial charge in [-0.3, -0.25) is 14.4 Å². The zero-order chi connectivity index (χ0) is 21.9. The van der Waals surface area contributed by atoms with Gasteiger partial charge in [0.25, 0.3) is 0 Å². The van der Waals surface area contributed by atoms with Crippen LogP contribution in [0, 0.1) is 11.3 Å². The summed E-state index contributed by atoms with van der Waals surface area (Å²) in [6, 6.07) is 6.74. The van der Waals surface area contributed by atoms with Crippen LogP contribution in [0.2, 0.25) is 5.02 Å². The predicted octanol–water partition coefficient (Wildman–Crippen LogP) is 3.14. The largest absolute Gasteiger partial charge is 0.370 e. The molecule has 6 nitrogen and oxygen atoms in total. The van der Waals surface area contributed by atoms with Crippen molar-refractivity contribution in [2.24, 2.45) is 17.1 Å². The molecule has 7 heteroatoms. The molecule has 1 aromatic carbocycles. The van der Waals surface area contributed by atoms with Crippen LogP contribution in [0.25, 0.3) is 5.57 Å². The van der Waals surface area contributed by atoms with Crippen LogP contribution in [0.5, 0.6) is 0 Å². The third-order valence-corrected chi connectivity index (χ3v) is 6.30. The van der Waals surface area contributed by atoms with Gasteiger partial charge in [-0.2, -0.15) is 0 Å². The number of primary amides is 1. The van der Waals surface area contributed by atoms with Gasteiger partial charge in [0.2, 0.25) is 17.7 Å². The van der Waals surface area contributed by atoms with Crippen LogP contribution in [0.4, 0.5) is 0 Å². The molecule has 0 bridgehead atoms. The van der Waals surface area contributed by atoms with Crippen molar-refractivity contribution in [2.45, 2.75) is 52.0 Å². The first kappa shape index (κ1) is 22.3. The molecule has 1 aliphatic heterocycles. The third-order valence-electron chi connectivity index (χ3n) is 6.04. The molecule has 1 atom stereocenters. The van der Waals surface area contributed by atoms with Crippen LogP contribution in [0.3, 0.4) is 0 Å². The van der Waals surface area contributed by atoms with E-state index in [0.29, 0.717) is 18.1 Å². The first-order valence-electron chi connectivity index (χ1n) is 10.5. The standard InChI is InChI=1S/C23H30ClN3O3/c1-23(2)14-27(12-11-18(23)15-7-9-17(24)10-8-15)22(30)19(13-20(25)28)26-21(29)16-5-3-4-6-16/h7-11,16,19H,3-6,12-14H2,1-2H3,(H2,25,28)(H,26,29)/t19-/m0/s1. The van der Waals surface area contributed by atoms with E-state index in [-0.39, 0.29) is 29.6 Å². The number of carbonyl (C=O) groups is 3. The van der Waals surface area contributed by atoms with Crippen LogP contribution in [-0.2, 0) is 14.4 Å². The highest BCUT2D eigenvalue weighted by Gasteiger charge is 2.36. The maximum absolute atomic E-state index is 13.2. The van der Waals surface area contributed by atoms with Crippen molar-refractivity contribution in [3.63, 3.8) is 0 Å². The quantitative estimate of drug-likeness (QED) is 0.724. The summed E-state index contributed by atoms with van der Waals surface area (Å²) in [4.78, 5) is 39.0. The molecular weight excluding hydrogens is 402 g/mol. The second kappa shape index (κ2) is 9.21. The minimum Gasteiger partial charge on any atom is -0.370 e. The molecule has 0 saturated heterocycles. The van der Waals surface area contributed by atoms with E-state index in [1.54, 1.807) is 4.90 Å². The molecule has 1 aromatic rings. The fraction of sp³-hybridized carbons (Fsp3) is 0.522. The van der Waals surface area contributed by atoms with E-state index in [2.05, 4.69) is 19.2 Å². The molecule has 3 N–H and O–H groups in total. The van der Waals surface area contributed by atoms with Crippen molar-refractivity contribution in [2.75, 3.05) is 13.1 Å². The van der Waals surface area contributed by atoms with Crippen LogP contribution in [0.15, 0.2) is 30.3 Å². The van der Waals surface area contributed by atoms with Gasteiger partial charge in [0.05, 0.1) is 6.42 Å². The molecule has 0 radical (unpaired) electrons. The van der Waals surface area contributed by atoms with Gasteiger partial charge in [-0.1, -0.05) is 56.5 Å². The van der Waals surface area contributed by atoms with Gasteiger partial charge in [0.15, 0.2) is 0 Å². The fourth-order valence-electron chi connectivity index (χ4n) is 4.51. The SMILES string of the molecule is CC1(C)CN(C(=O)[C@H](CC(N)=O)NC(=O)C2CCCC2)CC=C1c1ccc(Cl)cc1. The number of nitrogens with zero attached hydrogens (tertiary/aromatic N) is 1. The summed E-state index contributed by atoms with van der Waals surface area (Å²) in [6.45, 7) is 5.05. The van der Waals surface area contributed by atoms with E-state index in [0.717, 1.165) is 36.8 Å². The van der Waals surface area contributed by atoms with Crippen LogP contribution in [0.1, 0.15) is 51.5 Å². The molecule has 162 valence electrons. The van der Waals surface area contributed by atoms with E-state index in [1.807, 2.05) is 30.3 Å². The Morgan fingerprint density at radius 3 is 2.40 bits per heavy atom. The Kier molecular flexibility index (Phi) is 6.86. The minimum atomic E-state index is -0.920. The first-order valence-corrected chi connectivity index (χ1v) is 10.9. The number of halogens is 1. The topological polar surface area (TPSA) is 92.5 Å². The summed E-state index contributed by atoms with van der Waals surface area (Å²) in [5.74, 6) is -1.10. The number of rotatable bonds is 6. The second-order valence-electron chi connectivity index (χ2n) is 8.94. The smallest absolute Gasteiger partial charge is 0.245 e. The Morgan fingerprint density at radius 1 is 1.20 bits per heavy atom. The number of amides is 3. The Balaban J connectivity index is 1.75. The summed E-state index contributed by atoms with van der Waals surface area (Å²) in [7, 11) is 0. The summed E-state index contributed by atoms with van der Waals surface area (Å²) >= 11 is 6.01. The number of hydrogen-bond acceptors (Lipinski definition) is 3. The number of nitrogens with two attached hydrogens (primary N) is 1. The summed E-state index contributed by atoms with van der Waals surface area (Å²) in [6.07, 6.45) is 5.53. The van der Waals surface area contributed by atoms with E-state index < -0.39 is 11.9 Å². The zero-order valence-corrected chi connectivity index (χ0v) is 18.4. The van der Waals surface area contributed by atoms with Crippen molar-refractivity contribution >= 4 is 34.9 Å². The fourth-order valence-corrected chi connectivity index (χ4v) is 4.64. The van der Waals surface area contributed by atoms with Gasteiger partial charge in [-0.05, 0) is 36.1 Å². The Labute approximate surface area is 182 Å². The average molecular weight is 432 g/mol. The average Bonchev–Trinajstić information content (AvgIpc) is 3.21. The molecule has 2 aliphatic rings. The Bertz CT molecular complexity index is 842. The van der Waals surface area contributed by atoms with Crippen molar-refractivity contribution in [1.29, 1.82) is 0 Å². The van der Waals surface area contributed by atoms with Crippen LogP contribution < -0.4 is 11.1 Å². The molecular formula is C23H30ClN3O3. The molecule has 3 amide bonds. The van der Waals surface area contributed by atoms with Crippen molar-refractivity contribution in [3.8, 4) is 0 Å². The van der Waals surface area contributed by atoms with Crippen LogP contribution >= 0.6 is 11.6 Å². The molecule has 0 unspecified atom stereocenters. The summed E-state index contributed by atoms with van der Waals surface area (Å²) in [5.41, 5.74) is 7.28. The monoisotopic (exact) mass is 431 g/mol. The van der Waals surface area contributed by atoms with Gasteiger partial charge in [0, 0.05) is 29.4 Å². The lowest BCUT2D eigenvalue weighted by Crippen LogP contribution is -2.54. The molecule has 1 heterocycles. The Hall–Kier alpha value is -2.34. The highest BCUT2D eigenvalue weighted by atomic mass is 35.5. The lowest BCUT2D eigenvalue weighted by Gasteiger charge is -2.40. The van der Waals surface area contributed by atoms with E-state index in [1.165, 1.54) is 0 Å². The molecule has 30 heavy (non-hydrogen) atoms. The molecule has 0 aromatic heterocycles. The lowest BCUT2D eigenvalue weighted by atomic mass is 9.77. The number of hydrogen-bond donors (Lipinski definition) is 2. The van der Waals surface area contributed by atoms with Gasteiger partial charge < -0.3 is 16.0 Å². The first-order chi connectivity index (χ1) is 14.2. The van der Waals surface area contributed by atoms with Crippen LogP contribution in [-0.4, -0.2) is 41.8 Å². The number of nitrogens with one attached hydrogen (secondary N) is 1. The van der Waals surface area contributed by atoms with E-state index >= 15 is 0 Å². The van der Waals surface area contributed by atoms with E-state index in [4.69, 9.17) is 17.3 Å². The highest BCUT2D eigenvalue weighted by Crippen LogP contribution is 2.38. The van der Waals surface area contributed by atoms with Crippen molar-refractivity contribution in [1.82, 2.24) is 10.2 Å². The zero-order valence-electron chi connectivity index (χ0n) is 17.6. The molecule has 1 aliphatic carbocycles. The van der Waals surface area contributed by atoms with Gasteiger partial charge in [-0.25, -0.2) is 0 Å².